The van der Waals surface area contributed by atoms with Gasteiger partial charge in [-0.15, -0.1) is 0 Å². The van der Waals surface area contributed by atoms with Gasteiger partial charge in [0.15, 0.2) is 10.9 Å². The topological polar surface area (TPSA) is 133 Å². The molecule has 2 aromatic carbocycles. The minimum atomic E-state index is -1.10. The Labute approximate surface area is 212 Å². The maximum absolute atomic E-state index is 13.6. The molecule has 0 aliphatic carbocycles. The van der Waals surface area contributed by atoms with E-state index in [0.29, 0.717) is 43.8 Å². The van der Waals surface area contributed by atoms with Gasteiger partial charge in [-0.05, 0) is 62.1 Å². The molecule has 11 nitrogen and oxygen atoms in total. The summed E-state index contributed by atoms with van der Waals surface area (Å²) in [6.07, 6.45) is 0. The third-order valence-corrected chi connectivity index (χ3v) is 6.70. The van der Waals surface area contributed by atoms with Crippen LogP contribution < -0.4 is 0 Å². The Morgan fingerprint density at radius 2 is 1.62 bits per heavy atom. The van der Waals surface area contributed by atoms with Gasteiger partial charge in [0.25, 0.3) is 5.78 Å². The van der Waals surface area contributed by atoms with E-state index in [9.17, 15) is 24.5 Å². The molecule has 1 aliphatic heterocycles. The number of aryl methyl sites for hydroxylation is 1. The molecular weight excluding hydrogens is 480 g/mol. The fourth-order valence-corrected chi connectivity index (χ4v) is 4.74. The van der Waals surface area contributed by atoms with Crippen LogP contribution in [0, 0.1) is 10.1 Å². The minimum Gasteiger partial charge on any atom is -0.379 e. The number of carbonyl (C=O) groups excluding carboxylic acids is 3. The summed E-state index contributed by atoms with van der Waals surface area (Å²) >= 11 is 0. The van der Waals surface area contributed by atoms with Crippen molar-refractivity contribution in [1.29, 1.82) is 0 Å². The fourth-order valence-electron chi connectivity index (χ4n) is 4.74. The number of benzene rings is 2. The van der Waals surface area contributed by atoms with Gasteiger partial charge in [-0.1, -0.05) is 0 Å². The van der Waals surface area contributed by atoms with Gasteiger partial charge in [0.05, 0.1) is 18.8 Å². The number of Topliss-reactive ketones (excluding diaryl/α,β-unsaturated/α-hetero) is 2. The molecule has 0 N–H and O–H groups in total. The average molecular weight is 509 g/mol. The van der Waals surface area contributed by atoms with E-state index < -0.39 is 28.1 Å². The van der Waals surface area contributed by atoms with Gasteiger partial charge in [0.2, 0.25) is 0 Å². The molecule has 194 valence electrons. The number of nitrogens with zero attached hydrogens (tertiary/aromatic N) is 4. The van der Waals surface area contributed by atoms with Crippen LogP contribution in [-0.4, -0.2) is 69.6 Å². The van der Waals surface area contributed by atoms with Gasteiger partial charge >= 0.3 is 11.8 Å². The van der Waals surface area contributed by atoms with Crippen molar-refractivity contribution in [3.8, 4) is 0 Å². The second-order valence-electron chi connectivity index (χ2n) is 9.28. The molecule has 0 atom stereocenters. The molecule has 11 heteroatoms. The lowest BCUT2D eigenvalue weighted by Crippen LogP contribution is -2.54. The Hall–Kier alpha value is -3.96. The number of aromatic nitrogens is 1. The first-order valence-electron chi connectivity index (χ1n) is 11.9. The molecule has 4 rings (SSSR count). The van der Waals surface area contributed by atoms with Crippen LogP contribution in [0.4, 0.5) is 0 Å². The number of ether oxygens (including phenoxy) is 1. The van der Waals surface area contributed by atoms with Crippen LogP contribution in [0.5, 0.6) is 0 Å². The van der Waals surface area contributed by atoms with Crippen molar-refractivity contribution < 1.29 is 28.9 Å². The summed E-state index contributed by atoms with van der Waals surface area (Å²) in [6.45, 7) is 9.91. The van der Waals surface area contributed by atoms with E-state index in [2.05, 4.69) is 14.9 Å². The summed E-state index contributed by atoms with van der Waals surface area (Å²) in [4.78, 5) is 54.4. The third kappa shape index (κ3) is 4.87. The summed E-state index contributed by atoms with van der Waals surface area (Å²) in [5.74, 6) is -3.01. The van der Waals surface area contributed by atoms with Crippen LogP contribution in [0.3, 0.4) is 0 Å². The zero-order chi connectivity index (χ0) is 26.9. The van der Waals surface area contributed by atoms with Gasteiger partial charge in [0.1, 0.15) is 0 Å². The van der Waals surface area contributed by atoms with Crippen molar-refractivity contribution in [2.45, 2.75) is 39.8 Å². The number of amidine groups is 1. The smallest absolute Gasteiger partial charge is 0.379 e. The molecular formula is C26H28N4O7. The van der Waals surface area contributed by atoms with E-state index in [1.165, 1.54) is 6.07 Å². The van der Waals surface area contributed by atoms with Crippen molar-refractivity contribution in [3.05, 3.63) is 57.6 Å². The monoisotopic (exact) mass is 508 g/mol. The van der Waals surface area contributed by atoms with E-state index >= 15 is 0 Å². The third-order valence-electron chi connectivity index (χ3n) is 6.70. The Morgan fingerprint density at radius 3 is 2.16 bits per heavy atom. The van der Waals surface area contributed by atoms with E-state index in [1.54, 1.807) is 18.2 Å². The Balaban J connectivity index is 1.81. The summed E-state index contributed by atoms with van der Waals surface area (Å²) in [7, 11) is 0. The molecule has 0 unspecified atom stereocenters. The molecule has 0 saturated carbocycles. The Morgan fingerprint density at radius 1 is 1.05 bits per heavy atom. The predicted molar refractivity (Wildman–Crippen MR) is 136 cm³/mol. The highest BCUT2D eigenvalue weighted by molar-refractivity contribution is 6.42. The first kappa shape index (κ1) is 26.1. The number of morpholine rings is 1. The number of hydrogen-bond acceptors (Lipinski definition) is 9. The number of carbonyl (C=O) groups is 3. The van der Waals surface area contributed by atoms with Crippen molar-refractivity contribution >= 4 is 45.2 Å². The van der Waals surface area contributed by atoms with Crippen LogP contribution in [-0.2, 0) is 20.9 Å². The molecule has 1 aromatic heterocycles. The molecule has 1 fully saturated rings. The average Bonchev–Trinajstić information content (AvgIpc) is 3.20. The van der Waals surface area contributed by atoms with Crippen LogP contribution >= 0.6 is 0 Å². The summed E-state index contributed by atoms with van der Waals surface area (Å²) in [5, 5.41) is 15.9. The molecule has 1 saturated heterocycles. The van der Waals surface area contributed by atoms with Gasteiger partial charge in [-0.25, -0.2) is 9.63 Å². The second-order valence-corrected chi connectivity index (χ2v) is 9.28. The molecule has 0 radical (unpaired) electrons. The zero-order valence-electron chi connectivity index (χ0n) is 21.1. The van der Waals surface area contributed by atoms with Crippen LogP contribution in [0.2, 0.25) is 0 Å². The van der Waals surface area contributed by atoms with Gasteiger partial charge in [-0.3, -0.25) is 14.5 Å². The lowest BCUT2D eigenvalue weighted by Gasteiger charge is -2.39. The number of oxime groups is 1. The Bertz CT molecular complexity index is 1450. The van der Waals surface area contributed by atoms with E-state index in [1.807, 2.05) is 37.5 Å². The highest BCUT2D eigenvalue weighted by Crippen LogP contribution is 2.32. The maximum Gasteiger partial charge on any atom is 0.458 e. The second kappa shape index (κ2) is 10.2. The highest BCUT2D eigenvalue weighted by Gasteiger charge is 2.36. The normalized spacial score (nSPS) is 15.2. The number of hydrogen-bond donors (Lipinski definition) is 0. The lowest BCUT2D eigenvalue weighted by atomic mass is 9.90. The van der Waals surface area contributed by atoms with Gasteiger partial charge in [0, 0.05) is 59.5 Å². The van der Waals surface area contributed by atoms with Crippen molar-refractivity contribution in [2.75, 3.05) is 26.3 Å². The quantitative estimate of drug-likeness (QED) is 0.118. The number of nitro groups is 1. The zero-order valence-corrected chi connectivity index (χ0v) is 21.1. The Kier molecular flexibility index (Phi) is 7.19. The molecule has 0 amide bonds. The molecule has 1 aliphatic rings. The molecule has 2 heterocycles. The first-order chi connectivity index (χ1) is 17.6. The SMILES string of the molecule is CCn1c2ccc(C(=O)/C(=N/OC(C)=O)[N+](=O)[O-])cc2c2cc(C(=O)C(C)(C)N3CCOCC3)ccc21. The highest BCUT2D eigenvalue weighted by atomic mass is 16.7. The predicted octanol–water partition coefficient (Wildman–Crippen LogP) is 3.44. The van der Waals surface area contributed by atoms with Crippen molar-refractivity contribution in [2.24, 2.45) is 5.16 Å². The summed E-state index contributed by atoms with van der Waals surface area (Å²) in [5.41, 5.74) is 1.47. The minimum absolute atomic E-state index is 0.00984. The molecule has 3 aromatic rings. The number of fused-ring (bicyclic) bond motifs is 3. The summed E-state index contributed by atoms with van der Waals surface area (Å²) in [6, 6.07) is 10.2. The van der Waals surface area contributed by atoms with Gasteiger partial charge in [-0.2, -0.15) is 0 Å². The fraction of sp³-hybridized carbons (Fsp3) is 0.385. The van der Waals surface area contributed by atoms with Crippen molar-refractivity contribution in [1.82, 2.24) is 9.47 Å². The molecule has 0 bridgehead atoms. The van der Waals surface area contributed by atoms with Crippen LogP contribution in [0.25, 0.3) is 21.8 Å². The van der Waals surface area contributed by atoms with Crippen molar-refractivity contribution in [3.63, 3.8) is 0 Å². The van der Waals surface area contributed by atoms with E-state index in [0.717, 1.165) is 23.3 Å². The molecule has 37 heavy (non-hydrogen) atoms. The first-order valence-corrected chi connectivity index (χ1v) is 11.9. The van der Waals surface area contributed by atoms with Gasteiger partial charge < -0.3 is 19.4 Å². The summed E-state index contributed by atoms with van der Waals surface area (Å²) < 4.78 is 7.48. The lowest BCUT2D eigenvalue weighted by molar-refractivity contribution is -0.349. The maximum atomic E-state index is 13.6. The van der Waals surface area contributed by atoms with Crippen LogP contribution in [0.15, 0.2) is 41.6 Å². The number of ketones is 2. The van der Waals surface area contributed by atoms with Crippen LogP contribution in [0.1, 0.15) is 48.4 Å². The molecule has 0 spiro atoms. The van der Waals surface area contributed by atoms with E-state index in [4.69, 9.17) is 4.74 Å². The van der Waals surface area contributed by atoms with E-state index in [-0.39, 0.29) is 11.3 Å². The standard InChI is InChI=1S/C26H28N4O7/c1-5-29-21-8-6-17(23(32)25(30(34)35)27-37-16(2)31)14-19(21)20-15-18(7-9-22(20)29)24(33)26(3,4)28-10-12-36-13-11-28/h6-9,14-15H,5,10-13H2,1-4H3/b27-25-. The number of rotatable bonds is 7. The largest absolute Gasteiger partial charge is 0.458 e.